The molecule has 34 heavy (non-hydrogen) atoms. The van der Waals surface area contributed by atoms with Crippen molar-refractivity contribution in [2.75, 3.05) is 7.11 Å². The number of aliphatic hydroxyl groups excluding tert-OH is 1. The van der Waals surface area contributed by atoms with E-state index in [0.717, 1.165) is 24.0 Å². The summed E-state index contributed by atoms with van der Waals surface area (Å²) >= 11 is 0. The smallest absolute Gasteiger partial charge is 0.331 e. The van der Waals surface area contributed by atoms with Crippen molar-refractivity contribution in [3.8, 4) is 0 Å². The van der Waals surface area contributed by atoms with Crippen LogP contribution in [0, 0.1) is 39.9 Å². The zero-order valence-corrected chi connectivity index (χ0v) is 20.5. The van der Waals surface area contributed by atoms with E-state index in [1.807, 2.05) is 26.8 Å². The van der Waals surface area contributed by atoms with Gasteiger partial charge in [0.25, 0.3) is 0 Å². The van der Waals surface area contributed by atoms with Gasteiger partial charge in [0, 0.05) is 34.8 Å². The highest BCUT2D eigenvalue weighted by atomic mass is 16.5. The van der Waals surface area contributed by atoms with Gasteiger partial charge in [0.05, 0.1) is 25.7 Å². The lowest BCUT2D eigenvalue weighted by Crippen LogP contribution is -2.67. The number of carbonyl (C=O) groups excluding carboxylic acids is 3. The third-order valence-electron chi connectivity index (χ3n) is 9.96. The fraction of sp³-hybridized carbons (Fsp3) is 0.667. The van der Waals surface area contributed by atoms with Crippen LogP contribution in [0.25, 0.3) is 0 Å². The molecule has 0 amide bonds. The molecule has 3 fully saturated rings. The van der Waals surface area contributed by atoms with Gasteiger partial charge in [-0.1, -0.05) is 27.7 Å². The SMILES string of the molecule is COC(=O)C[C@H]1C(C)(C)[C@@H](O)[C@@H]2CC3C4=CC(=O)O[C@@H](c5ccoc5)[C@]4(C)CCC3[C@@]1(C)C2=O. The van der Waals surface area contributed by atoms with E-state index in [0.29, 0.717) is 6.42 Å². The molecule has 1 aromatic heterocycles. The van der Waals surface area contributed by atoms with Gasteiger partial charge in [-0.15, -0.1) is 0 Å². The molecule has 3 saturated carbocycles. The fourth-order valence-corrected chi connectivity index (χ4v) is 8.16. The van der Waals surface area contributed by atoms with Gasteiger partial charge in [0.15, 0.2) is 0 Å². The first-order chi connectivity index (χ1) is 16.0. The predicted molar refractivity (Wildman–Crippen MR) is 121 cm³/mol. The third-order valence-corrected chi connectivity index (χ3v) is 9.96. The quantitative estimate of drug-likeness (QED) is 0.666. The Morgan fingerprint density at radius 1 is 1.21 bits per heavy atom. The molecule has 2 unspecified atom stereocenters. The first kappa shape index (κ1) is 23.3. The minimum atomic E-state index is -0.877. The van der Waals surface area contributed by atoms with Gasteiger partial charge >= 0.3 is 11.9 Å². The normalized spacial score (nSPS) is 42.7. The Morgan fingerprint density at radius 3 is 2.59 bits per heavy atom. The molecule has 0 radical (unpaired) electrons. The van der Waals surface area contributed by atoms with Crippen LogP contribution in [-0.2, 0) is 23.9 Å². The highest BCUT2D eigenvalue weighted by Gasteiger charge is 2.69. The van der Waals surface area contributed by atoms with E-state index in [4.69, 9.17) is 13.9 Å². The number of carbonyl (C=O) groups is 3. The van der Waals surface area contributed by atoms with Crippen molar-refractivity contribution in [3.05, 3.63) is 35.8 Å². The lowest BCUT2D eigenvalue weighted by molar-refractivity contribution is -0.200. The van der Waals surface area contributed by atoms with Crippen LogP contribution in [0.5, 0.6) is 0 Å². The van der Waals surface area contributed by atoms with Gasteiger partial charge in [-0.3, -0.25) is 9.59 Å². The average Bonchev–Trinajstić information content (AvgIpc) is 3.32. The number of hydrogen-bond donors (Lipinski definition) is 1. The summed E-state index contributed by atoms with van der Waals surface area (Å²) in [6.07, 6.45) is 5.57. The zero-order chi connectivity index (χ0) is 24.6. The van der Waals surface area contributed by atoms with E-state index in [2.05, 4.69) is 6.92 Å². The van der Waals surface area contributed by atoms with Crippen LogP contribution in [0.15, 0.2) is 34.7 Å². The van der Waals surface area contributed by atoms with Crippen molar-refractivity contribution in [1.82, 2.24) is 0 Å². The summed E-state index contributed by atoms with van der Waals surface area (Å²) in [5, 5.41) is 11.4. The standard InChI is InChI=1S/C27H34O7/c1-25(2)19(12-20(28)32-5)27(4)17-6-8-26(3)18(15(17)10-16(22(25)30)23(27)31)11-21(29)34-24(26)14-7-9-33-13-14/h7,9,11,13,15-17,19,22,24,30H,6,8,10,12H2,1-5H3/t15?,16-,17?,19-,22-,24-,26+,27+/m0/s1. The van der Waals surface area contributed by atoms with Crippen LogP contribution < -0.4 is 0 Å². The van der Waals surface area contributed by atoms with Gasteiger partial charge < -0.3 is 19.0 Å². The number of methoxy groups -OCH3 is 1. The molecular weight excluding hydrogens is 436 g/mol. The molecular formula is C27H34O7. The van der Waals surface area contributed by atoms with Crippen molar-refractivity contribution >= 4 is 17.7 Å². The third kappa shape index (κ3) is 2.95. The van der Waals surface area contributed by atoms with E-state index in [1.54, 1.807) is 18.6 Å². The van der Waals surface area contributed by atoms with E-state index >= 15 is 0 Å². The first-order valence-electron chi connectivity index (χ1n) is 12.2. The highest BCUT2D eigenvalue weighted by Crippen LogP contribution is 2.68. The van der Waals surface area contributed by atoms with Gasteiger partial charge in [-0.2, -0.15) is 0 Å². The van der Waals surface area contributed by atoms with Crippen molar-refractivity contribution in [3.63, 3.8) is 0 Å². The van der Waals surface area contributed by atoms with E-state index < -0.39 is 40.3 Å². The minimum absolute atomic E-state index is 0.0343. The number of rotatable bonds is 3. The Bertz CT molecular complexity index is 1050. The predicted octanol–water partition coefficient (Wildman–Crippen LogP) is 4.01. The Hall–Kier alpha value is -2.41. The molecule has 1 N–H and O–H groups in total. The minimum Gasteiger partial charge on any atom is -0.472 e. The highest BCUT2D eigenvalue weighted by molar-refractivity contribution is 5.91. The van der Waals surface area contributed by atoms with Crippen molar-refractivity contribution in [2.24, 2.45) is 39.9 Å². The van der Waals surface area contributed by atoms with Crippen LogP contribution in [-0.4, -0.2) is 36.0 Å². The van der Waals surface area contributed by atoms with Gasteiger partial charge in [-0.25, -0.2) is 4.79 Å². The molecule has 1 aromatic rings. The first-order valence-corrected chi connectivity index (χ1v) is 12.2. The number of furan rings is 1. The van der Waals surface area contributed by atoms with Crippen LogP contribution >= 0.6 is 0 Å². The zero-order valence-electron chi connectivity index (χ0n) is 20.5. The summed E-state index contributed by atoms with van der Waals surface area (Å²) < 4.78 is 16.1. The van der Waals surface area contributed by atoms with Crippen LogP contribution in [0.1, 0.15) is 65.0 Å². The molecule has 4 aliphatic rings. The maximum atomic E-state index is 13.9. The molecule has 2 heterocycles. The summed E-state index contributed by atoms with van der Waals surface area (Å²) in [6.45, 7) is 8.03. The van der Waals surface area contributed by atoms with E-state index in [1.165, 1.54) is 7.11 Å². The van der Waals surface area contributed by atoms with Gasteiger partial charge in [0.2, 0.25) is 0 Å². The number of ether oxygens (including phenoxy) is 2. The monoisotopic (exact) mass is 470 g/mol. The molecule has 7 heteroatoms. The summed E-state index contributed by atoms with van der Waals surface area (Å²) in [6, 6.07) is 1.83. The summed E-state index contributed by atoms with van der Waals surface area (Å²) in [4.78, 5) is 39.1. The number of esters is 2. The molecule has 0 spiro atoms. The lowest BCUT2D eigenvalue weighted by atomic mass is 9.38. The molecule has 184 valence electrons. The summed E-state index contributed by atoms with van der Waals surface area (Å²) in [7, 11) is 1.35. The average molecular weight is 471 g/mol. The number of ketones is 1. The number of Topliss-reactive ketones (excluding diaryl/α,β-unsaturated/α-hetero) is 1. The van der Waals surface area contributed by atoms with Crippen LogP contribution in [0.3, 0.4) is 0 Å². The van der Waals surface area contributed by atoms with Crippen molar-refractivity contribution in [2.45, 2.75) is 65.6 Å². The second-order valence-electron chi connectivity index (χ2n) is 11.7. The van der Waals surface area contributed by atoms with Crippen molar-refractivity contribution in [1.29, 1.82) is 0 Å². The molecule has 3 aliphatic carbocycles. The number of cyclic esters (lactones) is 1. The Kier molecular flexibility index (Phi) is 5.18. The molecule has 5 rings (SSSR count). The molecule has 1 aliphatic heterocycles. The molecule has 0 saturated heterocycles. The van der Waals surface area contributed by atoms with Gasteiger partial charge in [-0.05, 0) is 54.1 Å². The maximum absolute atomic E-state index is 13.9. The number of hydrogen-bond acceptors (Lipinski definition) is 7. The number of fused-ring (bicyclic) bond motifs is 6. The second kappa shape index (κ2) is 7.54. The molecule has 0 aromatic carbocycles. The Morgan fingerprint density at radius 2 is 1.94 bits per heavy atom. The maximum Gasteiger partial charge on any atom is 0.331 e. The van der Waals surface area contributed by atoms with E-state index in [9.17, 15) is 19.5 Å². The summed E-state index contributed by atoms with van der Waals surface area (Å²) in [5.74, 6) is -1.72. The number of aliphatic hydroxyl groups is 1. The molecule has 7 nitrogen and oxygen atoms in total. The molecule has 8 atom stereocenters. The molecule has 2 bridgehead atoms. The second-order valence-corrected chi connectivity index (χ2v) is 11.7. The Labute approximate surface area is 199 Å². The summed E-state index contributed by atoms with van der Waals surface area (Å²) in [5.41, 5.74) is -0.0462. The largest absolute Gasteiger partial charge is 0.472 e. The van der Waals surface area contributed by atoms with Crippen LogP contribution in [0.4, 0.5) is 0 Å². The topological polar surface area (TPSA) is 103 Å². The lowest BCUT2D eigenvalue weighted by Gasteiger charge is -2.65. The van der Waals surface area contributed by atoms with Crippen LogP contribution in [0.2, 0.25) is 0 Å². The fourth-order valence-electron chi connectivity index (χ4n) is 8.16. The Balaban J connectivity index is 1.61. The van der Waals surface area contributed by atoms with Gasteiger partial charge in [0.1, 0.15) is 11.9 Å². The van der Waals surface area contributed by atoms with Crippen molar-refractivity contribution < 1.29 is 33.4 Å². The van der Waals surface area contributed by atoms with E-state index in [-0.39, 0.29) is 35.9 Å².